The lowest BCUT2D eigenvalue weighted by molar-refractivity contribution is 0.723. The number of hydrogen-bond acceptors (Lipinski definition) is 2. The number of terminal acetylenes is 1. The van der Waals surface area contributed by atoms with Crippen molar-refractivity contribution in [1.29, 1.82) is 0 Å². The second-order valence-electron chi connectivity index (χ2n) is 4.21. The molecule has 0 bridgehead atoms. The zero-order valence-electron chi connectivity index (χ0n) is 10.3. The van der Waals surface area contributed by atoms with E-state index in [1.165, 1.54) is 0 Å². The number of aryl methyl sites for hydroxylation is 1. The first kappa shape index (κ1) is 12.4. The van der Waals surface area contributed by atoms with Crippen molar-refractivity contribution in [3.05, 3.63) is 41.9 Å². The van der Waals surface area contributed by atoms with E-state index in [0.717, 1.165) is 48.5 Å². The number of benzene rings is 1. The van der Waals surface area contributed by atoms with Crippen LogP contribution in [0.4, 0.5) is 0 Å². The summed E-state index contributed by atoms with van der Waals surface area (Å²) in [6.07, 6.45) is 10.2. The molecule has 2 rings (SSSR count). The SMILES string of the molecule is C#Cc1ccc(-c2cnc(CCCCN)[nH]2)cc1. The number of rotatable bonds is 5. The Morgan fingerprint density at radius 3 is 2.67 bits per heavy atom. The lowest BCUT2D eigenvalue weighted by Gasteiger charge is -1.98. The largest absolute Gasteiger partial charge is 0.342 e. The Bertz CT molecular complexity index is 532. The van der Waals surface area contributed by atoms with Crippen molar-refractivity contribution in [3.63, 3.8) is 0 Å². The molecule has 0 aliphatic rings. The van der Waals surface area contributed by atoms with Gasteiger partial charge >= 0.3 is 0 Å². The van der Waals surface area contributed by atoms with E-state index in [4.69, 9.17) is 12.2 Å². The van der Waals surface area contributed by atoms with Crippen LogP contribution in [0.1, 0.15) is 24.2 Å². The van der Waals surface area contributed by atoms with Crippen molar-refractivity contribution in [2.75, 3.05) is 6.54 Å². The Morgan fingerprint density at radius 2 is 2.00 bits per heavy atom. The number of aromatic nitrogens is 2. The minimum Gasteiger partial charge on any atom is -0.342 e. The predicted octanol–water partition coefficient (Wildman–Crippen LogP) is 2.34. The molecule has 0 amide bonds. The Morgan fingerprint density at radius 1 is 1.22 bits per heavy atom. The Balaban J connectivity index is 2.06. The van der Waals surface area contributed by atoms with Crippen molar-refractivity contribution in [3.8, 4) is 23.6 Å². The van der Waals surface area contributed by atoms with E-state index in [1.807, 2.05) is 30.5 Å². The van der Waals surface area contributed by atoms with E-state index in [1.54, 1.807) is 0 Å². The standard InChI is InChI=1S/C15H17N3/c1-2-12-6-8-13(9-7-12)14-11-17-15(18-14)5-3-4-10-16/h1,6-9,11H,3-5,10,16H2,(H,17,18). The van der Waals surface area contributed by atoms with Gasteiger partial charge in [-0.2, -0.15) is 0 Å². The maximum absolute atomic E-state index is 5.47. The van der Waals surface area contributed by atoms with Crippen molar-refractivity contribution >= 4 is 0 Å². The zero-order valence-corrected chi connectivity index (χ0v) is 10.3. The third-order valence-electron chi connectivity index (χ3n) is 2.86. The van der Waals surface area contributed by atoms with Crippen LogP contribution in [0, 0.1) is 12.3 Å². The molecule has 18 heavy (non-hydrogen) atoms. The van der Waals surface area contributed by atoms with Gasteiger partial charge in [-0.1, -0.05) is 18.1 Å². The van der Waals surface area contributed by atoms with Crippen LogP contribution in [0.25, 0.3) is 11.3 Å². The molecule has 2 aromatic rings. The topological polar surface area (TPSA) is 54.7 Å². The van der Waals surface area contributed by atoms with Crippen LogP contribution in [-0.4, -0.2) is 16.5 Å². The normalized spacial score (nSPS) is 10.2. The molecular weight excluding hydrogens is 222 g/mol. The maximum atomic E-state index is 5.47. The summed E-state index contributed by atoms with van der Waals surface area (Å²) in [4.78, 5) is 7.69. The van der Waals surface area contributed by atoms with Crippen LogP contribution in [-0.2, 0) is 6.42 Å². The molecule has 92 valence electrons. The van der Waals surface area contributed by atoms with E-state index in [-0.39, 0.29) is 0 Å². The van der Waals surface area contributed by atoms with Crippen LogP contribution in [0.5, 0.6) is 0 Å². The molecule has 0 unspecified atom stereocenters. The number of nitrogens with two attached hydrogens (primary N) is 1. The molecule has 0 aliphatic heterocycles. The smallest absolute Gasteiger partial charge is 0.106 e. The number of unbranched alkanes of at least 4 members (excludes halogenated alkanes) is 1. The third kappa shape index (κ3) is 2.99. The van der Waals surface area contributed by atoms with Gasteiger partial charge in [-0.25, -0.2) is 4.98 Å². The molecule has 0 radical (unpaired) electrons. The minimum atomic E-state index is 0.737. The van der Waals surface area contributed by atoms with E-state index in [9.17, 15) is 0 Å². The van der Waals surface area contributed by atoms with Crippen molar-refractivity contribution < 1.29 is 0 Å². The fourth-order valence-electron chi connectivity index (χ4n) is 1.82. The van der Waals surface area contributed by atoms with E-state index in [2.05, 4.69) is 15.9 Å². The maximum Gasteiger partial charge on any atom is 0.106 e. The number of nitrogens with one attached hydrogen (secondary N) is 1. The van der Waals surface area contributed by atoms with Gasteiger partial charge in [-0.05, 0) is 37.1 Å². The molecule has 1 aromatic carbocycles. The predicted molar refractivity (Wildman–Crippen MR) is 74.0 cm³/mol. The first-order valence-corrected chi connectivity index (χ1v) is 6.14. The summed E-state index contributed by atoms with van der Waals surface area (Å²) >= 11 is 0. The number of H-pyrrole nitrogens is 1. The van der Waals surface area contributed by atoms with Crippen LogP contribution >= 0.6 is 0 Å². The van der Waals surface area contributed by atoms with Gasteiger partial charge in [-0.3, -0.25) is 0 Å². The highest BCUT2D eigenvalue weighted by Gasteiger charge is 2.03. The molecular formula is C15H17N3. The number of hydrogen-bond donors (Lipinski definition) is 2. The quantitative estimate of drug-likeness (QED) is 0.621. The fraction of sp³-hybridized carbons (Fsp3) is 0.267. The summed E-state index contributed by atoms with van der Waals surface area (Å²) in [6, 6.07) is 7.88. The van der Waals surface area contributed by atoms with Gasteiger partial charge in [0.25, 0.3) is 0 Å². The fourth-order valence-corrected chi connectivity index (χ4v) is 1.82. The van der Waals surface area contributed by atoms with Crippen LogP contribution in [0.3, 0.4) is 0 Å². The van der Waals surface area contributed by atoms with Gasteiger partial charge in [0.1, 0.15) is 5.82 Å². The molecule has 3 heteroatoms. The van der Waals surface area contributed by atoms with Gasteiger partial charge in [0.05, 0.1) is 11.9 Å². The highest BCUT2D eigenvalue weighted by atomic mass is 14.9. The molecule has 0 saturated heterocycles. The van der Waals surface area contributed by atoms with Crippen molar-refractivity contribution in [2.24, 2.45) is 5.73 Å². The average molecular weight is 239 g/mol. The monoisotopic (exact) mass is 239 g/mol. The highest BCUT2D eigenvalue weighted by Crippen LogP contribution is 2.18. The van der Waals surface area contributed by atoms with E-state index >= 15 is 0 Å². The first-order chi connectivity index (χ1) is 8.83. The van der Waals surface area contributed by atoms with Crippen molar-refractivity contribution in [1.82, 2.24) is 9.97 Å². The number of nitrogens with zero attached hydrogens (tertiary/aromatic N) is 1. The second-order valence-corrected chi connectivity index (χ2v) is 4.21. The number of aromatic amines is 1. The molecule has 0 saturated carbocycles. The van der Waals surface area contributed by atoms with Gasteiger partial charge in [0.2, 0.25) is 0 Å². The minimum absolute atomic E-state index is 0.737. The van der Waals surface area contributed by atoms with E-state index < -0.39 is 0 Å². The van der Waals surface area contributed by atoms with Gasteiger partial charge in [-0.15, -0.1) is 6.42 Å². The summed E-state index contributed by atoms with van der Waals surface area (Å²) in [6.45, 7) is 0.737. The van der Waals surface area contributed by atoms with Gasteiger partial charge in [0, 0.05) is 12.0 Å². The molecule has 0 spiro atoms. The Kier molecular flexibility index (Phi) is 4.16. The highest BCUT2D eigenvalue weighted by molar-refractivity contribution is 5.59. The summed E-state index contributed by atoms with van der Waals surface area (Å²) in [5, 5.41) is 0. The summed E-state index contributed by atoms with van der Waals surface area (Å²) in [5.41, 5.74) is 8.49. The van der Waals surface area contributed by atoms with E-state index in [0.29, 0.717) is 0 Å². The number of imidazole rings is 1. The molecule has 0 fully saturated rings. The first-order valence-electron chi connectivity index (χ1n) is 6.14. The summed E-state index contributed by atoms with van der Waals surface area (Å²) in [5.74, 6) is 3.62. The average Bonchev–Trinajstić information content (AvgIpc) is 2.88. The summed E-state index contributed by atoms with van der Waals surface area (Å²) < 4.78 is 0. The Hall–Kier alpha value is -2.05. The second kappa shape index (κ2) is 6.04. The molecule has 1 heterocycles. The Labute approximate surface area is 107 Å². The molecule has 3 nitrogen and oxygen atoms in total. The lowest BCUT2D eigenvalue weighted by Crippen LogP contribution is -1.99. The van der Waals surface area contributed by atoms with Crippen LogP contribution in [0.2, 0.25) is 0 Å². The lowest BCUT2D eigenvalue weighted by atomic mass is 10.1. The van der Waals surface area contributed by atoms with Crippen molar-refractivity contribution in [2.45, 2.75) is 19.3 Å². The molecule has 1 aromatic heterocycles. The summed E-state index contributed by atoms with van der Waals surface area (Å²) in [7, 11) is 0. The van der Waals surface area contributed by atoms with Crippen LogP contribution < -0.4 is 5.73 Å². The van der Waals surface area contributed by atoms with Gasteiger partial charge in [0.15, 0.2) is 0 Å². The zero-order chi connectivity index (χ0) is 12.8. The molecule has 3 N–H and O–H groups in total. The molecule has 0 atom stereocenters. The van der Waals surface area contributed by atoms with Crippen LogP contribution in [0.15, 0.2) is 30.5 Å². The van der Waals surface area contributed by atoms with Gasteiger partial charge < -0.3 is 10.7 Å². The third-order valence-corrected chi connectivity index (χ3v) is 2.86. The molecule has 0 aliphatic carbocycles.